The van der Waals surface area contributed by atoms with Crippen LogP contribution in [0.15, 0.2) is 28.7 Å². The van der Waals surface area contributed by atoms with Crippen LogP contribution < -0.4 is 0 Å². The summed E-state index contributed by atoms with van der Waals surface area (Å²) in [6, 6.07) is 8.19. The number of rotatable bonds is 7. The van der Waals surface area contributed by atoms with Gasteiger partial charge in [0.15, 0.2) is 0 Å². The van der Waals surface area contributed by atoms with Gasteiger partial charge in [-0.05, 0) is 13.1 Å². The van der Waals surface area contributed by atoms with Crippen LogP contribution in [0.2, 0.25) is 0 Å². The Kier molecular flexibility index (Phi) is 5.89. The second kappa shape index (κ2) is 8.12. The lowest BCUT2D eigenvalue weighted by molar-refractivity contribution is 0.00824. The van der Waals surface area contributed by atoms with E-state index >= 15 is 0 Å². The van der Waals surface area contributed by atoms with Crippen molar-refractivity contribution >= 4 is 11.0 Å². The molecule has 1 N–H and O–H groups in total. The molecule has 0 aliphatic carbocycles. The van der Waals surface area contributed by atoms with Gasteiger partial charge in [-0.25, -0.2) is 0 Å². The number of fused-ring (bicyclic) bond motifs is 1. The van der Waals surface area contributed by atoms with Crippen molar-refractivity contribution in [3.63, 3.8) is 0 Å². The summed E-state index contributed by atoms with van der Waals surface area (Å²) in [7, 11) is 2.06. The molecule has 1 atom stereocenters. The highest BCUT2D eigenvalue weighted by Crippen LogP contribution is 2.27. The number of para-hydroxylation sites is 1. The van der Waals surface area contributed by atoms with Gasteiger partial charge in [0.2, 0.25) is 0 Å². The zero-order valence-electron chi connectivity index (χ0n) is 14.7. The number of hydrogen-bond donors (Lipinski definition) is 1. The largest absolute Gasteiger partial charge is 0.461 e. The quantitative estimate of drug-likeness (QED) is 0.842. The fourth-order valence-electron chi connectivity index (χ4n) is 3.44. The number of aryl methyl sites for hydroxylation is 1. The lowest BCUT2D eigenvalue weighted by Crippen LogP contribution is -2.44. The van der Waals surface area contributed by atoms with Crippen molar-refractivity contribution in [1.82, 2.24) is 9.80 Å². The third-order valence-corrected chi connectivity index (χ3v) is 4.63. The molecule has 0 saturated carbocycles. The second-order valence-corrected chi connectivity index (χ2v) is 6.62. The number of benzene rings is 1. The minimum Gasteiger partial charge on any atom is -0.461 e. The molecular formula is C19H28N2O3. The van der Waals surface area contributed by atoms with Crippen molar-refractivity contribution in [1.29, 1.82) is 0 Å². The smallest absolute Gasteiger partial charge is 0.134 e. The third kappa shape index (κ3) is 4.16. The van der Waals surface area contributed by atoms with Gasteiger partial charge in [-0.15, -0.1) is 0 Å². The normalized spacial score (nSPS) is 17.7. The molecule has 1 fully saturated rings. The molecular weight excluding hydrogens is 304 g/mol. The Labute approximate surface area is 143 Å². The summed E-state index contributed by atoms with van der Waals surface area (Å²) < 4.78 is 11.3. The van der Waals surface area contributed by atoms with E-state index in [0.717, 1.165) is 50.6 Å². The van der Waals surface area contributed by atoms with E-state index in [4.69, 9.17) is 9.15 Å². The molecule has 3 rings (SSSR count). The average molecular weight is 332 g/mol. The number of morpholine rings is 1. The number of aliphatic hydroxyl groups excluding tert-OH is 1. The highest BCUT2D eigenvalue weighted by molar-refractivity contribution is 5.82. The van der Waals surface area contributed by atoms with Crippen LogP contribution in [0.3, 0.4) is 0 Å². The van der Waals surface area contributed by atoms with Gasteiger partial charge in [0, 0.05) is 50.1 Å². The number of aliphatic hydroxyl groups is 1. The maximum absolute atomic E-state index is 10.4. The average Bonchev–Trinajstić information content (AvgIpc) is 2.93. The van der Waals surface area contributed by atoms with Gasteiger partial charge in [-0.3, -0.25) is 9.80 Å². The van der Waals surface area contributed by atoms with Crippen LogP contribution in [0.1, 0.15) is 18.2 Å². The standard InChI is InChI=1S/C19H28N2O3/c1-3-18-17(16-6-4-5-7-19(16)24-18)14-20(2)12-15(22)13-21-8-10-23-11-9-21/h4-7,15,22H,3,8-14H2,1-2H3. The first-order chi connectivity index (χ1) is 11.7. The third-order valence-electron chi connectivity index (χ3n) is 4.63. The summed E-state index contributed by atoms with van der Waals surface area (Å²) in [6.45, 7) is 7.63. The molecule has 1 aromatic heterocycles. The molecule has 2 aromatic rings. The van der Waals surface area contributed by atoms with E-state index in [2.05, 4.69) is 29.8 Å². The molecule has 1 aromatic carbocycles. The zero-order chi connectivity index (χ0) is 16.9. The minimum absolute atomic E-state index is 0.351. The molecule has 0 radical (unpaired) electrons. The number of nitrogens with zero attached hydrogens (tertiary/aromatic N) is 2. The molecule has 5 nitrogen and oxygen atoms in total. The molecule has 0 spiro atoms. The van der Waals surface area contributed by atoms with Crippen LogP contribution in [-0.4, -0.2) is 67.5 Å². The van der Waals surface area contributed by atoms with Crippen LogP contribution in [0.4, 0.5) is 0 Å². The molecule has 5 heteroatoms. The van der Waals surface area contributed by atoms with Gasteiger partial charge in [-0.1, -0.05) is 25.1 Å². The van der Waals surface area contributed by atoms with Crippen LogP contribution in [0.5, 0.6) is 0 Å². The molecule has 1 saturated heterocycles. The topological polar surface area (TPSA) is 49.1 Å². The first-order valence-corrected chi connectivity index (χ1v) is 8.83. The SMILES string of the molecule is CCc1oc2ccccc2c1CN(C)CC(O)CN1CCOCC1. The van der Waals surface area contributed by atoms with Crippen molar-refractivity contribution < 1.29 is 14.3 Å². The fraction of sp³-hybridized carbons (Fsp3) is 0.579. The van der Waals surface area contributed by atoms with E-state index < -0.39 is 0 Å². The molecule has 0 bridgehead atoms. The Morgan fingerprint density at radius 2 is 2.00 bits per heavy atom. The highest BCUT2D eigenvalue weighted by atomic mass is 16.5. The number of furan rings is 1. The van der Waals surface area contributed by atoms with Crippen LogP contribution >= 0.6 is 0 Å². The summed E-state index contributed by atoms with van der Waals surface area (Å²) in [5.74, 6) is 1.05. The van der Waals surface area contributed by atoms with E-state index in [1.165, 1.54) is 10.9 Å². The van der Waals surface area contributed by atoms with Crippen molar-refractivity contribution in [2.24, 2.45) is 0 Å². The number of β-amino-alcohol motifs (C(OH)–C–C–N with tert-alkyl or cyclic N) is 1. The maximum atomic E-state index is 10.4. The van der Waals surface area contributed by atoms with Gasteiger partial charge in [0.1, 0.15) is 11.3 Å². The highest BCUT2D eigenvalue weighted by Gasteiger charge is 2.18. The lowest BCUT2D eigenvalue weighted by Gasteiger charge is -2.30. The predicted octanol–water partition coefficient (Wildman–Crippen LogP) is 2.12. The molecule has 1 aliphatic heterocycles. The van der Waals surface area contributed by atoms with Crippen molar-refractivity contribution in [3.8, 4) is 0 Å². The zero-order valence-corrected chi connectivity index (χ0v) is 14.7. The maximum Gasteiger partial charge on any atom is 0.134 e. The molecule has 0 amide bonds. The monoisotopic (exact) mass is 332 g/mol. The van der Waals surface area contributed by atoms with E-state index in [1.807, 2.05) is 18.2 Å². The molecule has 1 unspecified atom stereocenters. The summed E-state index contributed by atoms with van der Waals surface area (Å²) in [4.78, 5) is 4.45. The minimum atomic E-state index is -0.351. The summed E-state index contributed by atoms with van der Waals surface area (Å²) in [6.07, 6.45) is 0.533. The van der Waals surface area contributed by atoms with Gasteiger partial charge in [0.05, 0.1) is 19.3 Å². The molecule has 132 valence electrons. The number of hydrogen-bond acceptors (Lipinski definition) is 5. The van der Waals surface area contributed by atoms with E-state index in [9.17, 15) is 5.11 Å². The molecule has 24 heavy (non-hydrogen) atoms. The first kappa shape index (κ1) is 17.4. The lowest BCUT2D eigenvalue weighted by atomic mass is 10.1. The fourth-order valence-corrected chi connectivity index (χ4v) is 3.44. The van der Waals surface area contributed by atoms with Crippen molar-refractivity contribution in [3.05, 3.63) is 35.6 Å². The van der Waals surface area contributed by atoms with E-state index in [1.54, 1.807) is 0 Å². The summed E-state index contributed by atoms with van der Waals surface area (Å²) in [5.41, 5.74) is 2.20. The number of ether oxygens (including phenoxy) is 1. The van der Waals surface area contributed by atoms with Crippen molar-refractivity contribution in [2.75, 3.05) is 46.4 Å². The first-order valence-electron chi connectivity index (χ1n) is 8.83. The number of likely N-dealkylation sites (N-methyl/N-ethyl adjacent to an activating group) is 1. The van der Waals surface area contributed by atoms with E-state index in [-0.39, 0.29) is 6.10 Å². The Morgan fingerprint density at radius 1 is 1.25 bits per heavy atom. The van der Waals surface area contributed by atoms with Crippen LogP contribution in [0.25, 0.3) is 11.0 Å². The van der Waals surface area contributed by atoms with Gasteiger partial charge >= 0.3 is 0 Å². The second-order valence-electron chi connectivity index (χ2n) is 6.62. The predicted molar refractivity (Wildman–Crippen MR) is 95.2 cm³/mol. The van der Waals surface area contributed by atoms with E-state index in [0.29, 0.717) is 13.1 Å². The van der Waals surface area contributed by atoms with Gasteiger partial charge in [0.25, 0.3) is 0 Å². The van der Waals surface area contributed by atoms with Gasteiger partial charge in [-0.2, -0.15) is 0 Å². The van der Waals surface area contributed by atoms with Crippen LogP contribution in [-0.2, 0) is 17.7 Å². The van der Waals surface area contributed by atoms with Crippen molar-refractivity contribution in [2.45, 2.75) is 26.0 Å². The summed E-state index contributed by atoms with van der Waals surface area (Å²) >= 11 is 0. The van der Waals surface area contributed by atoms with Crippen LogP contribution in [0, 0.1) is 0 Å². The Hall–Kier alpha value is -1.40. The molecule has 1 aliphatic rings. The Balaban J connectivity index is 1.61. The summed E-state index contributed by atoms with van der Waals surface area (Å²) in [5, 5.41) is 11.6. The molecule has 2 heterocycles. The van der Waals surface area contributed by atoms with Gasteiger partial charge < -0.3 is 14.3 Å². The Morgan fingerprint density at radius 3 is 2.75 bits per heavy atom. The Bertz CT molecular complexity index is 649.